The van der Waals surface area contributed by atoms with E-state index in [0.717, 1.165) is 10.7 Å². The lowest BCUT2D eigenvalue weighted by Crippen LogP contribution is -2.37. The van der Waals surface area contributed by atoms with E-state index in [1.807, 2.05) is 12.1 Å². The molecule has 2 heterocycles. The zero-order valence-corrected chi connectivity index (χ0v) is 15.1. The zero-order valence-electron chi connectivity index (χ0n) is 13.6. The highest BCUT2D eigenvalue weighted by molar-refractivity contribution is 7.05. The van der Waals surface area contributed by atoms with Crippen molar-refractivity contribution in [3.8, 4) is 0 Å². The van der Waals surface area contributed by atoms with Crippen molar-refractivity contribution in [3.63, 3.8) is 0 Å². The molecule has 4 rings (SSSR count). The Balaban J connectivity index is 1.84. The molecule has 0 N–H and O–H groups in total. The third-order valence-corrected chi connectivity index (χ3v) is 5.91. The molecule has 0 saturated heterocycles. The molecule has 0 aliphatic carbocycles. The summed E-state index contributed by atoms with van der Waals surface area (Å²) in [6.07, 6.45) is 0. The molecule has 1 aliphatic rings. The largest absolute Gasteiger partial charge is 0.287 e. The number of likely N-dealkylation sites (N-methyl/N-ethyl adjacent to an activating group) is 1. The molecular formula is C19H18ClN3S. The van der Waals surface area contributed by atoms with E-state index in [-0.39, 0.29) is 12.1 Å². The second-order valence-electron chi connectivity index (χ2n) is 6.29. The SMILES string of the molecule is C[C@H]1c2nnsc2[C@H](c2ccc(Cl)cc2)N(C)[C@@H]1c1ccccc1. The highest BCUT2D eigenvalue weighted by Gasteiger charge is 2.40. The highest BCUT2D eigenvalue weighted by Crippen LogP contribution is 2.49. The summed E-state index contributed by atoms with van der Waals surface area (Å²) in [4.78, 5) is 3.67. The minimum atomic E-state index is 0.152. The van der Waals surface area contributed by atoms with Gasteiger partial charge in [-0.2, -0.15) is 0 Å². The molecule has 0 saturated carbocycles. The topological polar surface area (TPSA) is 29.0 Å². The molecule has 3 nitrogen and oxygen atoms in total. The van der Waals surface area contributed by atoms with Crippen LogP contribution in [0.3, 0.4) is 0 Å². The van der Waals surface area contributed by atoms with E-state index in [1.165, 1.54) is 27.5 Å². The van der Waals surface area contributed by atoms with Crippen LogP contribution in [0.15, 0.2) is 54.6 Å². The van der Waals surface area contributed by atoms with Crippen molar-refractivity contribution < 1.29 is 0 Å². The Labute approximate surface area is 151 Å². The maximum Gasteiger partial charge on any atom is 0.0854 e. The van der Waals surface area contributed by atoms with Crippen molar-refractivity contribution >= 4 is 23.1 Å². The smallest absolute Gasteiger partial charge is 0.0854 e. The number of nitrogens with zero attached hydrogens (tertiary/aromatic N) is 3. The van der Waals surface area contributed by atoms with Crippen LogP contribution in [0.25, 0.3) is 0 Å². The van der Waals surface area contributed by atoms with Gasteiger partial charge in [-0.05, 0) is 41.8 Å². The van der Waals surface area contributed by atoms with E-state index in [2.05, 4.69) is 70.9 Å². The molecule has 0 radical (unpaired) electrons. The van der Waals surface area contributed by atoms with Gasteiger partial charge in [0.25, 0.3) is 0 Å². The molecule has 2 aromatic carbocycles. The summed E-state index contributed by atoms with van der Waals surface area (Å²) < 4.78 is 4.25. The average Bonchev–Trinajstić information content (AvgIpc) is 3.07. The number of hydrogen-bond acceptors (Lipinski definition) is 4. The molecule has 5 heteroatoms. The summed E-state index contributed by atoms with van der Waals surface area (Å²) in [6.45, 7) is 2.24. The first kappa shape index (κ1) is 15.8. The molecule has 0 unspecified atom stereocenters. The Morgan fingerprint density at radius 3 is 2.42 bits per heavy atom. The van der Waals surface area contributed by atoms with Crippen molar-refractivity contribution in [3.05, 3.63) is 81.3 Å². The lowest BCUT2D eigenvalue weighted by molar-refractivity contribution is 0.158. The van der Waals surface area contributed by atoms with Crippen LogP contribution in [0.5, 0.6) is 0 Å². The molecule has 24 heavy (non-hydrogen) atoms. The second kappa shape index (κ2) is 6.28. The third kappa shape index (κ3) is 2.55. The van der Waals surface area contributed by atoms with Gasteiger partial charge in [0.15, 0.2) is 0 Å². The van der Waals surface area contributed by atoms with E-state index >= 15 is 0 Å². The van der Waals surface area contributed by atoms with Gasteiger partial charge in [-0.25, -0.2) is 0 Å². The Morgan fingerprint density at radius 2 is 1.71 bits per heavy atom. The summed E-state index contributed by atoms with van der Waals surface area (Å²) in [5, 5.41) is 5.21. The molecule has 122 valence electrons. The second-order valence-corrected chi connectivity index (χ2v) is 7.51. The summed E-state index contributed by atoms with van der Waals surface area (Å²) in [7, 11) is 2.19. The maximum atomic E-state index is 6.08. The van der Waals surface area contributed by atoms with Crippen molar-refractivity contribution in [2.75, 3.05) is 7.05 Å². The first-order valence-corrected chi connectivity index (χ1v) is 9.16. The van der Waals surface area contributed by atoms with E-state index in [9.17, 15) is 0 Å². The Morgan fingerprint density at radius 1 is 1.00 bits per heavy atom. The van der Waals surface area contributed by atoms with Gasteiger partial charge in [-0.1, -0.05) is 65.5 Å². The van der Waals surface area contributed by atoms with Gasteiger partial charge in [0.1, 0.15) is 0 Å². The number of aromatic nitrogens is 2. The van der Waals surface area contributed by atoms with E-state index < -0.39 is 0 Å². The zero-order chi connectivity index (χ0) is 16.7. The van der Waals surface area contributed by atoms with Crippen molar-refractivity contribution in [2.24, 2.45) is 0 Å². The quantitative estimate of drug-likeness (QED) is 0.642. The number of halogens is 1. The lowest BCUT2D eigenvalue weighted by Gasteiger charge is -2.42. The van der Waals surface area contributed by atoms with Crippen LogP contribution in [0.2, 0.25) is 5.02 Å². The first-order valence-electron chi connectivity index (χ1n) is 8.01. The van der Waals surface area contributed by atoms with Crippen LogP contribution in [-0.4, -0.2) is 21.5 Å². The maximum absolute atomic E-state index is 6.08. The molecule has 3 atom stereocenters. The van der Waals surface area contributed by atoms with Crippen LogP contribution in [0.1, 0.15) is 46.6 Å². The molecule has 3 aromatic rings. The first-order chi connectivity index (χ1) is 11.7. The van der Waals surface area contributed by atoms with E-state index in [0.29, 0.717) is 5.92 Å². The number of fused-ring (bicyclic) bond motifs is 1. The van der Waals surface area contributed by atoms with Crippen LogP contribution in [0.4, 0.5) is 0 Å². The van der Waals surface area contributed by atoms with Gasteiger partial charge in [-0.15, -0.1) is 5.10 Å². The number of benzene rings is 2. The minimum absolute atomic E-state index is 0.152. The molecule has 1 aromatic heterocycles. The monoisotopic (exact) mass is 355 g/mol. The summed E-state index contributed by atoms with van der Waals surface area (Å²) in [5.74, 6) is 0.301. The predicted octanol–water partition coefficient (Wildman–Crippen LogP) is 5.07. The Kier molecular flexibility index (Phi) is 4.12. The molecule has 0 amide bonds. The molecule has 0 bridgehead atoms. The van der Waals surface area contributed by atoms with Gasteiger partial charge < -0.3 is 0 Å². The fraction of sp³-hybridized carbons (Fsp3) is 0.263. The normalized spacial score (nSPS) is 23.9. The van der Waals surface area contributed by atoms with Crippen LogP contribution in [-0.2, 0) is 0 Å². The standard InChI is InChI=1S/C19H18ClN3S/c1-12-16-19(24-22-21-16)18(14-8-10-15(20)11-9-14)23(2)17(12)13-6-4-3-5-7-13/h3-12,17-18H,1-2H3/t12-,17-,18-/m0/s1. The lowest BCUT2D eigenvalue weighted by atomic mass is 9.83. The molecule has 1 aliphatic heterocycles. The molecule has 0 fully saturated rings. The van der Waals surface area contributed by atoms with Gasteiger partial charge in [0.05, 0.1) is 16.6 Å². The predicted molar refractivity (Wildman–Crippen MR) is 98.6 cm³/mol. The number of rotatable bonds is 2. The van der Waals surface area contributed by atoms with E-state index in [4.69, 9.17) is 11.6 Å². The van der Waals surface area contributed by atoms with Crippen LogP contribution < -0.4 is 0 Å². The van der Waals surface area contributed by atoms with Crippen molar-refractivity contribution in [2.45, 2.75) is 24.9 Å². The third-order valence-electron chi connectivity index (χ3n) is 4.87. The fourth-order valence-electron chi connectivity index (χ4n) is 3.76. The van der Waals surface area contributed by atoms with Crippen LogP contribution in [0, 0.1) is 0 Å². The minimum Gasteiger partial charge on any atom is -0.287 e. The van der Waals surface area contributed by atoms with Crippen molar-refractivity contribution in [1.29, 1.82) is 0 Å². The Bertz CT molecular complexity index is 831. The van der Waals surface area contributed by atoms with Gasteiger partial charge >= 0.3 is 0 Å². The molecular weight excluding hydrogens is 338 g/mol. The van der Waals surface area contributed by atoms with Crippen LogP contribution >= 0.6 is 23.1 Å². The van der Waals surface area contributed by atoms with Gasteiger partial charge in [-0.3, -0.25) is 4.90 Å². The summed E-state index contributed by atoms with van der Waals surface area (Å²) >= 11 is 7.58. The highest BCUT2D eigenvalue weighted by atomic mass is 35.5. The van der Waals surface area contributed by atoms with Crippen molar-refractivity contribution in [1.82, 2.24) is 14.5 Å². The summed E-state index contributed by atoms with van der Waals surface area (Å²) in [5.41, 5.74) is 3.65. The van der Waals surface area contributed by atoms with Gasteiger partial charge in [0.2, 0.25) is 0 Å². The number of hydrogen-bond donors (Lipinski definition) is 0. The van der Waals surface area contributed by atoms with Gasteiger partial charge in [0, 0.05) is 17.0 Å². The average molecular weight is 356 g/mol. The fourth-order valence-corrected chi connectivity index (χ4v) is 4.83. The Hall–Kier alpha value is -1.75. The van der Waals surface area contributed by atoms with E-state index in [1.54, 1.807) is 0 Å². The summed E-state index contributed by atoms with van der Waals surface area (Å²) in [6, 6.07) is 19.2. The molecule has 0 spiro atoms.